The van der Waals surface area contributed by atoms with Crippen molar-refractivity contribution in [3.05, 3.63) is 0 Å². The van der Waals surface area contributed by atoms with Crippen molar-refractivity contribution in [1.29, 1.82) is 0 Å². The number of thioether (sulfide) groups is 1. The quantitative estimate of drug-likeness (QED) is 0.604. The van der Waals surface area contributed by atoms with Crippen LogP contribution in [0.3, 0.4) is 0 Å². The Hall–Kier alpha value is -0.310. The minimum absolute atomic E-state index is 0.0532. The van der Waals surface area contributed by atoms with Crippen LogP contribution in [0.2, 0.25) is 0 Å². The largest absolute Gasteiger partial charge is 0.299 e. The van der Waals surface area contributed by atoms with Gasteiger partial charge < -0.3 is 0 Å². The molecule has 3 heteroatoms. The lowest BCUT2D eigenvalue weighted by Gasteiger charge is -2.00. The molecule has 66 valence electrons. The molecule has 0 aromatic rings. The zero-order valence-corrected chi connectivity index (χ0v) is 8.62. The maximum atomic E-state index is 10.7. The lowest BCUT2D eigenvalue weighted by atomic mass is 10.1. The first-order chi connectivity index (χ1) is 5.09. The number of carbonyl (C=O) groups is 2. The zero-order chi connectivity index (χ0) is 9.44. The van der Waals surface area contributed by atoms with Gasteiger partial charge in [-0.05, 0) is 20.1 Å². The first-order valence-corrected chi connectivity index (χ1v) is 4.90. The van der Waals surface area contributed by atoms with Crippen LogP contribution >= 0.6 is 11.8 Å². The second-order valence-electron chi connectivity index (χ2n) is 1.86. The number of carbonyl (C=O) groups excluding carboxylic acids is 2. The van der Waals surface area contributed by atoms with E-state index >= 15 is 0 Å². The molecule has 1 unspecified atom stereocenters. The van der Waals surface area contributed by atoms with E-state index in [0.717, 1.165) is 11.8 Å². The fraction of sp³-hybridized carbons (Fsp3) is 0.750. The minimum atomic E-state index is -0.431. The van der Waals surface area contributed by atoms with Gasteiger partial charge >= 0.3 is 0 Å². The molecule has 0 rings (SSSR count). The lowest BCUT2D eigenvalue weighted by molar-refractivity contribution is -0.126. The van der Waals surface area contributed by atoms with E-state index in [1.54, 1.807) is 13.2 Å². The summed E-state index contributed by atoms with van der Waals surface area (Å²) < 4.78 is 0. The Kier molecular flexibility index (Phi) is 9.42. The highest BCUT2D eigenvalue weighted by Gasteiger charge is 2.15. The normalized spacial score (nSPS) is 11.0. The van der Waals surface area contributed by atoms with Gasteiger partial charge in [-0.25, -0.2) is 0 Å². The number of hydrogen-bond acceptors (Lipinski definition) is 3. The molecule has 0 aliphatic rings. The summed E-state index contributed by atoms with van der Waals surface area (Å²) >= 11 is 1.10. The third-order valence-corrected chi connectivity index (χ3v) is 1.92. The molecule has 0 aromatic carbocycles. The van der Waals surface area contributed by atoms with E-state index in [4.69, 9.17) is 0 Å². The Morgan fingerprint density at radius 1 is 1.27 bits per heavy atom. The van der Waals surface area contributed by atoms with Gasteiger partial charge in [0.1, 0.15) is 5.78 Å². The summed E-state index contributed by atoms with van der Waals surface area (Å²) in [4.78, 5) is 21.2. The summed E-state index contributed by atoms with van der Waals surface area (Å²) in [6.07, 6.45) is 1.68. The van der Waals surface area contributed by atoms with Gasteiger partial charge in [-0.2, -0.15) is 0 Å². The van der Waals surface area contributed by atoms with Crippen LogP contribution < -0.4 is 0 Å². The zero-order valence-electron chi connectivity index (χ0n) is 7.80. The maximum absolute atomic E-state index is 10.7. The first-order valence-electron chi connectivity index (χ1n) is 3.68. The third-order valence-electron chi connectivity index (χ3n) is 1.16. The average molecular weight is 176 g/mol. The Morgan fingerprint density at radius 3 is 1.73 bits per heavy atom. The molecule has 0 amide bonds. The summed E-state index contributed by atoms with van der Waals surface area (Å²) in [6.45, 7) is 7.06. The monoisotopic (exact) mass is 176 g/mol. The van der Waals surface area contributed by atoms with E-state index in [-0.39, 0.29) is 10.9 Å². The van der Waals surface area contributed by atoms with Gasteiger partial charge in [0, 0.05) is 0 Å². The van der Waals surface area contributed by atoms with Gasteiger partial charge in [0.2, 0.25) is 0 Å². The maximum Gasteiger partial charge on any atom is 0.198 e. The van der Waals surface area contributed by atoms with E-state index in [9.17, 15) is 9.59 Å². The minimum Gasteiger partial charge on any atom is -0.299 e. The Balaban J connectivity index is 0. The van der Waals surface area contributed by atoms with E-state index in [0.29, 0.717) is 0 Å². The molecule has 0 aliphatic carbocycles. The second-order valence-corrected chi connectivity index (χ2v) is 2.67. The van der Waals surface area contributed by atoms with Gasteiger partial charge in [-0.3, -0.25) is 9.59 Å². The van der Waals surface area contributed by atoms with Crippen molar-refractivity contribution in [3.8, 4) is 0 Å². The van der Waals surface area contributed by atoms with Crippen molar-refractivity contribution < 1.29 is 9.59 Å². The fourth-order valence-corrected chi connectivity index (χ4v) is 0.862. The van der Waals surface area contributed by atoms with E-state index < -0.39 is 5.92 Å². The van der Waals surface area contributed by atoms with Crippen molar-refractivity contribution in [1.82, 2.24) is 0 Å². The fourth-order valence-electron chi connectivity index (χ4n) is 0.343. The highest BCUT2D eigenvalue weighted by Crippen LogP contribution is 2.07. The summed E-state index contributed by atoms with van der Waals surface area (Å²) in [6, 6.07) is 0. The highest BCUT2D eigenvalue weighted by atomic mass is 32.2. The van der Waals surface area contributed by atoms with Gasteiger partial charge in [-0.15, -0.1) is 0 Å². The molecule has 0 aliphatic heterocycles. The van der Waals surface area contributed by atoms with Crippen LogP contribution in [0.25, 0.3) is 0 Å². The van der Waals surface area contributed by atoms with Gasteiger partial charge in [0.05, 0.1) is 5.92 Å². The SMILES string of the molecule is CC.CSC(=O)C(C)C(C)=O. The second kappa shape index (κ2) is 7.79. The van der Waals surface area contributed by atoms with Gasteiger partial charge in [0.15, 0.2) is 5.12 Å². The van der Waals surface area contributed by atoms with E-state index in [2.05, 4.69) is 0 Å². The lowest BCUT2D eigenvalue weighted by Crippen LogP contribution is -2.14. The van der Waals surface area contributed by atoms with Crippen LogP contribution in [0.15, 0.2) is 0 Å². The molecule has 0 heterocycles. The average Bonchev–Trinajstić information content (AvgIpc) is 2.05. The standard InChI is InChI=1S/C6H10O2S.C2H6/c1-4(5(2)7)6(8)9-3;1-2/h4H,1-3H3;1-2H3. The summed E-state index contributed by atoms with van der Waals surface area (Å²) in [5, 5.41) is -0.0532. The molecule has 0 spiro atoms. The number of Topliss-reactive ketones (excluding diaryl/α,β-unsaturated/α-hetero) is 1. The molecular formula is C8H16O2S. The van der Waals surface area contributed by atoms with Crippen molar-refractivity contribution in [2.75, 3.05) is 6.26 Å². The highest BCUT2D eigenvalue weighted by molar-refractivity contribution is 8.13. The first kappa shape index (κ1) is 13.3. The topological polar surface area (TPSA) is 34.1 Å². The molecule has 11 heavy (non-hydrogen) atoms. The smallest absolute Gasteiger partial charge is 0.198 e. The van der Waals surface area contributed by atoms with Crippen LogP contribution in [0, 0.1) is 5.92 Å². The van der Waals surface area contributed by atoms with Crippen LogP contribution in [0.5, 0.6) is 0 Å². The number of ketones is 1. The van der Waals surface area contributed by atoms with Crippen molar-refractivity contribution in [2.24, 2.45) is 5.92 Å². The number of rotatable bonds is 2. The molecule has 2 nitrogen and oxygen atoms in total. The van der Waals surface area contributed by atoms with Crippen LogP contribution in [-0.4, -0.2) is 17.2 Å². The van der Waals surface area contributed by atoms with E-state index in [1.807, 2.05) is 13.8 Å². The molecule has 0 saturated carbocycles. The summed E-state index contributed by atoms with van der Waals surface area (Å²) in [5.41, 5.74) is 0. The summed E-state index contributed by atoms with van der Waals surface area (Å²) in [7, 11) is 0. The Morgan fingerprint density at radius 2 is 1.64 bits per heavy atom. The van der Waals surface area contributed by atoms with Crippen LogP contribution in [0.1, 0.15) is 27.7 Å². The molecule has 0 bridgehead atoms. The van der Waals surface area contributed by atoms with E-state index in [1.165, 1.54) is 6.92 Å². The molecule has 0 saturated heterocycles. The molecule has 0 N–H and O–H groups in total. The molecular weight excluding hydrogens is 160 g/mol. The van der Waals surface area contributed by atoms with Crippen LogP contribution in [0.4, 0.5) is 0 Å². The Labute approximate surface area is 72.7 Å². The molecule has 0 fully saturated rings. The number of hydrogen-bond donors (Lipinski definition) is 0. The van der Waals surface area contributed by atoms with Gasteiger partial charge in [0.25, 0.3) is 0 Å². The summed E-state index contributed by atoms with van der Waals surface area (Å²) in [5.74, 6) is -0.491. The van der Waals surface area contributed by atoms with Crippen LogP contribution in [-0.2, 0) is 9.59 Å². The van der Waals surface area contributed by atoms with Gasteiger partial charge in [-0.1, -0.05) is 25.6 Å². The molecule has 0 radical (unpaired) electrons. The predicted molar refractivity (Wildman–Crippen MR) is 49.7 cm³/mol. The Bertz CT molecular complexity index is 132. The van der Waals surface area contributed by atoms with Crippen molar-refractivity contribution in [3.63, 3.8) is 0 Å². The van der Waals surface area contributed by atoms with Crippen molar-refractivity contribution in [2.45, 2.75) is 27.7 Å². The molecule has 0 aromatic heterocycles. The molecule has 1 atom stereocenters. The third kappa shape index (κ3) is 6.10. The predicted octanol–water partition coefficient (Wildman–Crippen LogP) is 2.13. The van der Waals surface area contributed by atoms with Crippen molar-refractivity contribution >= 4 is 22.7 Å².